The van der Waals surface area contributed by atoms with Crippen LogP contribution in [0.4, 0.5) is 4.39 Å². The van der Waals surface area contributed by atoms with E-state index in [4.69, 9.17) is 5.73 Å². The highest BCUT2D eigenvalue weighted by Gasteiger charge is 2.15. The molecular weight excluding hydrogens is 325 g/mol. The van der Waals surface area contributed by atoms with Crippen LogP contribution in [0.25, 0.3) is 10.1 Å². The monoisotopic (exact) mass is 335 g/mol. The normalized spacial score (nSPS) is 12.8. The van der Waals surface area contributed by atoms with Crippen molar-refractivity contribution >= 4 is 37.4 Å². The molecule has 0 bridgehead atoms. The van der Waals surface area contributed by atoms with Crippen molar-refractivity contribution in [2.45, 2.75) is 6.04 Å². The molecule has 0 aliphatic rings. The molecule has 0 amide bonds. The zero-order chi connectivity index (χ0) is 13.4. The molecule has 0 spiro atoms. The van der Waals surface area contributed by atoms with Crippen molar-refractivity contribution < 1.29 is 4.39 Å². The van der Waals surface area contributed by atoms with E-state index in [0.717, 1.165) is 11.1 Å². The second-order valence-electron chi connectivity index (χ2n) is 4.33. The first-order valence-corrected chi connectivity index (χ1v) is 7.51. The summed E-state index contributed by atoms with van der Waals surface area (Å²) in [6.07, 6.45) is 0. The summed E-state index contributed by atoms with van der Waals surface area (Å²) in [4.78, 5) is 0. The number of benzene rings is 2. The Bertz CT molecular complexity index is 738. The second kappa shape index (κ2) is 5.04. The van der Waals surface area contributed by atoms with Gasteiger partial charge in [0.05, 0.1) is 6.04 Å². The Hall–Kier alpha value is -1.23. The van der Waals surface area contributed by atoms with Crippen molar-refractivity contribution in [3.05, 3.63) is 69.3 Å². The summed E-state index contributed by atoms with van der Waals surface area (Å²) >= 11 is 5.06. The highest BCUT2D eigenvalue weighted by Crippen LogP contribution is 2.33. The smallest absolute Gasteiger partial charge is 0.124 e. The molecule has 19 heavy (non-hydrogen) atoms. The second-order valence-corrected chi connectivity index (χ2v) is 6.10. The number of thiophene rings is 1. The Morgan fingerprint density at radius 2 is 1.95 bits per heavy atom. The van der Waals surface area contributed by atoms with E-state index < -0.39 is 0 Å². The van der Waals surface area contributed by atoms with Crippen LogP contribution < -0.4 is 5.73 Å². The topological polar surface area (TPSA) is 26.0 Å². The lowest BCUT2D eigenvalue weighted by Gasteiger charge is -2.15. The molecule has 3 aromatic rings. The molecule has 1 heterocycles. The van der Waals surface area contributed by atoms with Crippen molar-refractivity contribution in [2.24, 2.45) is 5.73 Å². The molecule has 0 radical (unpaired) electrons. The lowest BCUT2D eigenvalue weighted by atomic mass is 9.98. The largest absolute Gasteiger partial charge is 0.320 e. The number of halogens is 2. The first-order chi connectivity index (χ1) is 9.16. The van der Waals surface area contributed by atoms with Gasteiger partial charge in [0.1, 0.15) is 5.82 Å². The third-order valence-electron chi connectivity index (χ3n) is 3.14. The predicted molar refractivity (Wildman–Crippen MR) is 82.0 cm³/mol. The quantitative estimate of drug-likeness (QED) is 0.711. The van der Waals surface area contributed by atoms with Gasteiger partial charge in [0.2, 0.25) is 0 Å². The van der Waals surface area contributed by atoms with Gasteiger partial charge in [-0.3, -0.25) is 0 Å². The van der Waals surface area contributed by atoms with E-state index >= 15 is 0 Å². The van der Waals surface area contributed by atoms with Gasteiger partial charge in [-0.15, -0.1) is 11.3 Å². The summed E-state index contributed by atoms with van der Waals surface area (Å²) in [7, 11) is 0. The molecule has 0 saturated heterocycles. The number of rotatable bonds is 2. The van der Waals surface area contributed by atoms with Crippen molar-refractivity contribution in [3.8, 4) is 0 Å². The van der Waals surface area contributed by atoms with E-state index in [1.165, 1.54) is 22.2 Å². The molecule has 3 rings (SSSR count). The molecule has 2 aromatic carbocycles. The van der Waals surface area contributed by atoms with Crippen LogP contribution in [-0.2, 0) is 0 Å². The lowest BCUT2D eigenvalue weighted by Crippen LogP contribution is -2.12. The summed E-state index contributed by atoms with van der Waals surface area (Å²) in [5.41, 5.74) is 8.31. The van der Waals surface area contributed by atoms with Crippen molar-refractivity contribution in [3.63, 3.8) is 0 Å². The number of fused-ring (bicyclic) bond motifs is 1. The maximum Gasteiger partial charge on any atom is 0.124 e. The van der Waals surface area contributed by atoms with E-state index in [0.29, 0.717) is 4.47 Å². The van der Waals surface area contributed by atoms with Gasteiger partial charge < -0.3 is 5.73 Å². The van der Waals surface area contributed by atoms with Crippen LogP contribution in [0.3, 0.4) is 0 Å². The highest BCUT2D eigenvalue weighted by molar-refractivity contribution is 9.10. The molecule has 4 heteroatoms. The van der Waals surface area contributed by atoms with Crippen LogP contribution in [0.1, 0.15) is 17.2 Å². The first-order valence-electron chi connectivity index (χ1n) is 5.83. The fourth-order valence-electron chi connectivity index (χ4n) is 2.18. The fraction of sp³-hybridized carbons (Fsp3) is 0.0667. The van der Waals surface area contributed by atoms with Crippen molar-refractivity contribution in [1.29, 1.82) is 0 Å². The SMILES string of the molecule is NC(c1ccc(F)cc1Br)c1cccc2ccsc12. The van der Waals surface area contributed by atoms with Gasteiger partial charge in [0.25, 0.3) is 0 Å². The van der Waals surface area contributed by atoms with Crippen LogP contribution >= 0.6 is 27.3 Å². The summed E-state index contributed by atoms with van der Waals surface area (Å²) in [6, 6.07) is 12.5. The number of hydrogen-bond acceptors (Lipinski definition) is 2. The van der Waals surface area contributed by atoms with Gasteiger partial charge >= 0.3 is 0 Å². The molecule has 0 aliphatic heterocycles. The van der Waals surface area contributed by atoms with Gasteiger partial charge in [0.15, 0.2) is 0 Å². The van der Waals surface area contributed by atoms with Crippen LogP contribution in [-0.4, -0.2) is 0 Å². The minimum absolute atomic E-state index is 0.266. The molecule has 1 aromatic heterocycles. The molecule has 1 unspecified atom stereocenters. The molecular formula is C15H11BrFNS. The maximum absolute atomic E-state index is 13.1. The van der Waals surface area contributed by atoms with Crippen LogP contribution in [0.5, 0.6) is 0 Å². The number of hydrogen-bond donors (Lipinski definition) is 1. The zero-order valence-electron chi connectivity index (χ0n) is 9.94. The van der Waals surface area contributed by atoms with Gasteiger partial charge in [-0.2, -0.15) is 0 Å². The Labute approximate surface area is 123 Å². The Kier molecular flexibility index (Phi) is 3.39. The van der Waals surface area contributed by atoms with Gasteiger partial charge in [-0.25, -0.2) is 4.39 Å². The molecule has 1 atom stereocenters. The zero-order valence-corrected chi connectivity index (χ0v) is 12.3. The van der Waals surface area contributed by atoms with E-state index in [-0.39, 0.29) is 11.9 Å². The molecule has 0 saturated carbocycles. The minimum Gasteiger partial charge on any atom is -0.320 e. The summed E-state index contributed by atoms with van der Waals surface area (Å²) in [6.45, 7) is 0. The van der Waals surface area contributed by atoms with E-state index in [1.54, 1.807) is 17.4 Å². The number of nitrogens with two attached hydrogens (primary N) is 1. The maximum atomic E-state index is 13.1. The Balaban J connectivity index is 2.13. The molecule has 2 N–H and O–H groups in total. The lowest BCUT2D eigenvalue weighted by molar-refractivity contribution is 0.625. The molecule has 0 aliphatic carbocycles. The van der Waals surface area contributed by atoms with E-state index in [1.807, 2.05) is 12.1 Å². The van der Waals surface area contributed by atoms with Crippen LogP contribution in [0.15, 0.2) is 52.3 Å². The third kappa shape index (κ3) is 2.31. The average molecular weight is 336 g/mol. The standard InChI is InChI=1S/C15H11BrFNS/c16-13-8-10(17)4-5-11(13)14(18)12-3-1-2-9-6-7-19-15(9)12/h1-8,14H,18H2. The van der Waals surface area contributed by atoms with Crippen LogP contribution in [0, 0.1) is 5.82 Å². The van der Waals surface area contributed by atoms with E-state index in [9.17, 15) is 4.39 Å². The Morgan fingerprint density at radius 3 is 2.74 bits per heavy atom. The summed E-state index contributed by atoms with van der Waals surface area (Å²) < 4.78 is 15.0. The van der Waals surface area contributed by atoms with Gasteiger partial charge in [-0.1, -0.05) is 40.2 Å². The third-order valence-corrected chi connectivity index (χ3v) is 4.81. The van der Waals surface area contributed by atoms with E-state index in [2.05, 4.69) is 33.4 Å². The summed E-state index contributed by atoms with van der Waals surface area (Å²) in [5, 5.41) is 3.25. The van der Waals surface area contributed by atoms with Gasteiger partial charge in [0, 0.05) is 9.17 Å². The average Bonchev–Trinajstić information content (AvgIpc) is 2.86. The van der Waals surface area contributed by atoms with Crippen molar-refractivity contribution in [2.75, 3.05) is 0 Å². The highest BCUT2D eigenvalue weighted by atomic mass is 79.9. The minimum atomic E-state index is -0.267. The molecule has 1 nitrogen and oxygen atoms in total. The van der Waals surface area contributed by atoms with Crippen LogP contribution in [0.2, 0.25) is 0 Å². The van der Waals surface area contributed by atoms with Crippen molar-refractivity contribution in [1.82, 2.24) is 0 Å². The van der Waals surface area contributed by atoms with Gasteiger partial charge in [-0.05, 0) is 40.1 Å². The summed E-state index contributed by atoms with van der Waals surface area (Å²) in [5.74, 6) is -0.267. The molecule has 96 valence electrons. The fourth-order valence-corrected chi connectivity index (χ4v) is 3.73. The first kappa shape index (κ1) is 12.8. The Morgan fingerprint density at radius 1 is 1.11 bits per heavy atom. The molecule has 0 fully saturated rings. The predicted octanol–water partition coefficient (Wildman–Crippen LogP) is 4.85.